The van der Waals surface area contributed by atoms with E-state index in [-0.39, 0.29) is 25.2 Å². The Kier molecular flexibility index (Phi) is 6.36. The van der Waals surface area contributed by atoms with Crippen molar-refractivity contribution in [3.8, 4) is 5.75 Å². The minimum Gasteiger partial charge on any atom is -0.484 e. The summed E-state index contributed by atoms with van der Waals surface area (Å²) in [6.07, 6.45) is 0.757. The lowest BCUT2D eigenvalue weighted by atomic mass is 10.0. The third-order valence-electron chi connectivity index (χ3n) is 2.73. The molecule has 1 unspecified atom stereocenters. The zero-order valence-electron chi connectivity index (χ0n) is 11.8. The maximum Gasteiger partial charge on any atom is 0.258 e. The molecule has 1 amide bonds. The second-order valence-electron chi connectivity index (χ2n) is 5.18. The van der Waals surface area contributed by atoms with Crippen LogP contribution < -0.4 is 10.1 Å². The Morgan fingerprint density at radius 3 is 2.47 bits per heavy atom. The quantitative estimate of drug-likeness (QED) is 0.791. The van der Waals surface area contributed by atoms with Gasteiger partial charge in [-0.1, -0.05) is 31.5 Å². The van der Waals surface area contributed by atoms with Crippen LogP contribution in [0.15, 0.2) is 24.3 Å². The van der Waals surface area contributed by atoms with Gasteiger partial charge in [0.1, 0.15) is 5.75 Å². The van der Waals surface area contributed by atoms with Crippen molar-refractivity contribution >= 4 is 5.91 Å². The number of rotatable bonds is 7. The molecule has 1 aromatic rings. The molecule has 1 aromatic carbocycles. The molecule has 0 radical (unpaired) electrons. The molecule has 0 spiro atoms. The molecule has 2 N–H and O–H groups in total. The van der Waals surface area contributed by atoms with Crippen molar-refractivity contribution in [3.63, 3.8) is 0 Å². The van der Waals surface area contributed by atoms with Gasteiger partial charge in [-0.3, -0.25) is 4.79 Å². The SMILES string of the molecule is Cc1ccc(OCC(=O)NC(CO)CC(C)C)cc1. The first-order valence-electron chi connectivity index (χ1n) is 6.61. The van der Waals surface area contributed by atoms with Gasteiger partial charge >= 0.3 is 0 Å². The lowest BCUT2D eigenvalue weighted by Gasteiger charge is -2.18. The standard InChI is InChI=1S/C15H23NO3/c1-11(2)8-13(9-17)16-15(18)10-19-14-6-4-12(3)5-7-14/h4-7,11,13,17H,8-10H2,1-3H3,(H,16,18). The minimum absolute atomic E-state index is 0.0301. The molecule has 0 saturated heterocycles. The number of hydrogen-bond acceptors (Lipinski definition) is 3. The largest absolute Gasteiger partial charge is 0.484 e. The number of carbonyl (C=O) groups excluding carboxylic acids is 1. The van der Waals surface area contributed by atoms with Crippen molar-refractivity contribution in [1.82, 2.24) is 5.32 Å². The van der Waals surface area contributed by atoms with Crippen molar-refractivity contribution in [2.24, 2.45) is 5.92 Å². The van der Waals surface area contributed by atoms with Gasteiger partial charge in [-0.05, 0) is 31.4 Å². The van der Waals surface area contributed by atoms with E-state index in [0.717, 1.165) is 12.0 Å². The number of amides is 1. The van der Waals surface area contributed by atoms with Gasteiger partial charge in [0.05, 0.1) is 12.6 Å². The molecule has 0 saturated carbocycles. The van der Waals surface area contributed by atoms with Crippen LogP contribution in [0, 0.1) is 12.8 Å². The number of aliphatic hydroxyl groups is 1. The maximum atomic E-state index is 11.7. The average molecular weight is 265 g/mol. The molecule has 0 aliphatic rings. The zero-order chi connectivity index (χ0) is 14.3. The Hall–Kier alpha value is -1.55. The minimum atomic E-state index is -0.208. The topological polar surface area (TPSA) is 58.6 Å². The fraction of sp³-hybridized carbons (Fsp3) is 0.533. The Morgan fingerprint density at radius 2 is 1.95 bits per heavy atom. The van der Waals surface area contributed by atoms with E-state index in [9.17, 15) is 9.90 Å². The summed E-state index contributed by atoms with van der Waals surface area (Å²) in [6, 6.07) is 7.33. The normalized spacial score (nSPS) is 12.3. The lowest BCUT2D eigenvalue weighted by Crippen LogP contribution is -2.40. The number of benzene rings is 1. The third-order valence-corrected chi connectivity index (χ3v) is 2.73. The molecular weight excluding hydrogens is 242 g/mol. The monoisotopic (exact) mass is 265 g/mol. The molecular formula is C15H23NO3. The summed E-state index contributed by atoms with van der Waals surface area (Å²) < 4.78 is 5.38. The Labute approximate surface area is 114 Å². The van der Waals surface area contributed by atoms with Crippen LogP contribution in [0.5, 0.6) is 5.75 Å². The van der Waals surface area contributed by atoms with E-state index in [1.807, 2.05) is 31.2 Å². The van der Waals surface area contributed by atoms with Gasteiger partial charge in [-0.25, -0.2) is 0 Å². The first-order valence-corrected chi connectivity index (χ1v) is 6.61. The highest BCUT2D eigenvalue weighted by Crippen LogP contribution is 2.11. The number of nitrogens with one attached hydrogen (secondary N) is 1. The molecule has 0 heterocycles. The van der Waals surface area contributed by atoms with Gasteiger partial charge in [0.25, 0.3) is 5.91 Å². The summed E-state index contributed by atoms with van der Waals surface area (Å²) in [5.41, 5.74) is 1.15. The van der Waals surface area contributed by atoms with E-state index in [1.54, 1.807) is 0 Å². The average Bonchev–Trinajstić information content (AvgIpc) is 2.36. The van der Waals surface area contributed by atoms with Crippen LogP contribution >= 0.6 is 0 Å². The molecule has 0 bridgehead atoms. The van der Waals surface area contributed by atoms with Crippen molar-refractivity contribution < 1.29 is 14.6 Å². The number of aliphatic hydroxyl groups excluding tert-OH is 1. The second-order valence-corrected chi connectivity index (χ2v) is 5.18. The molecule has 4 heteroatoms. The van der Waals surface area contributed by atoms with Crippen LogP contribution in [0.3, 0.4) is 0 Å². The van der Waals surface area contributed by atoms with Crippen LogP contribution in [-0.2, 0) is 4.79 Å². The Morgan fingerprint density at radius 1 is 1.32 bits per heavy atom. The number of carbonyl (C=O) groups is 1. The number of aryl methyl sites for hydroxylation is 1. The zero-order valence-corrected chi connectivity index (χ0v) is 11.8. The molecule has 0 aliphatic carbocycles. The van der Waals surface area contributed by atoms with Gasteiger partial charge in [0.2, 0.25) is 0 Å². The second kappa shape index (κ2) is 7.79. The summed E-state index contributed by atoms with van der Waals surface area (Å²) in [5, 5.41) is 11.9. The molecule has 1 rings (SSSR count). The number of hydrogen-bond donors (Lipinski definition) is 2. The Bertz CT molecular complexity index is 387. The van der Waals surface area contributed by atoms with Gasteiger partial charge in [0, 0.05) is 0 Å². The smallest absolute Gasteiger partial charge is 0.258 e. The first kappa shape index (κ1) is 15.5. The van der Waals surface area contributed by atoms with Gasteiger partial charge in [0.15, 0.2) is 6.61 Å². The van der Waals surface area contributed by atoms with Crippen molar-refractivity contribution in [3.05, 3.63) is 29.8 Å². The lowest BCUT2D eigenvalue weighted by molar-refractivity contribution is -0.124. The van der Waals surface area contributed by atoms with E-state index in [4.69, 9.17) is 4.74 Å². The van der Waals surface area contributed by atoms with Crippen LogP contribution in [0.25, 0.3) is 0 Å². The molecule has 0 fully saturated rings. The molecule has 0 aromatic heterocycles. The van der Waals surface area contributed by atoms with Crippen molar-refractivity contribution in [1.29, 1.82) is 0 Å². The van der Waals surface area contributed by atoms with Crippen molar-refractivity contribution in [2.75, 3.05) is 13.2 Å². The predicted octanol–water partition coefficient (Wildman–Crippen LogP) is 1.90. The van der Waals surface area contributed by atoms with Crippen LogP contribution in [-0.4, -0.2) is 30.3 Å². The molecule has 19 heavy (non-hydrogen) atoms. The summed E-state index contributed by atoms with van der Waals surface area (Å²) >= 11 is 0. The predicted molar refractivity (Wildman–Crippen MR) is 75.1 cm³/mol. The fourth-order valence-corrected chi connectivity index (χ4v) is 1.80. The van der Waals surface area contributed by atoms with E-state index in [2.05, 4.69) is 19.2 Å². The Balaban J connectivity index is 2.36. The molecule has 0 aliphatic heterocycles. The third kappa shape index (κ3) is 6.25. The van der Waals surface area contributed by atoms with Crippen LogP contribution in [0.4, 0.5) is 0 Å². The van der Waals surface area contributed by atoms with Crippen LogP contribution in [0.1, 0.15) is 25.8 Å². The summed E-state index contributed by atoms with van der Waals surface area (Å²) in [6.45, 7) is 6.02. The first-order chi connectivity index (χ1) is 9.01. The summed E-state index contributed by atoms with van der Waals surface area (Å²) in [7, 11) is 0. The van der Waals surface area contributed by atoms with Crippen molar-refractivity contribution in [2.45, 2.75) is 33.2 Å². The molecule has 1 atom stereocenters. The highest BCUT2D eigenvalue weighted by molar-refractivity contribution is 5.77. The summed E-state index contributed by atoms with van der Waals surface area (Å²) in [4.78, 5) is 11.7. The van der Waals surface area contributed by atoms with Gasteiger partial charge in [-0.2, -0.15) is 0 Å². The number of ether oxygens (including phenoxy) is 1. The molecule has 4 nitrogen and oxygen atoms in total. The van der Waals surface area contributed by atoms with Gasteiger partial charge < -0.3 is 15.2 Å². The summed E-state index contributed by atoms with van der Waals surface area (Å²) in [5.74, 6) is 0.890. The fourth-order valence-electron chi connectivity index (χ4n) is 1.80. The van der Waals surface area contributed by atoms with Gasteiger partial charge in [-0.15, -0.1) is 0 Å². The van der Waals surface area contributed by atoms with E-state index >= 15 is 0 Å². The van der Waals surface area contributed by atoms with E-state index in [1.165, 1.54) is 0 Å². The van der Waals surface area contributed by atoms with E-state index in [0.29, 0.717) is 11.7 Å². The maximum absolute atomic E-state index is 11.7. The molecule has 106 valence electrons. The van der Waals surface area contributed by atoms with Crippen LogP contribution in [0.2, 0.25) is 0 Å². The highest BCUT2D eigenvalue weighted by atomic mass is 16.5. The van der Waals surface area contributed by atoms with E-state index < -0.39 is 0 Å². The highest BCUT2D eigenvalue weighted by Gasteiger charge is 2.13.